The molecule has 2 atom stereocenters. The van der Waals surface area contributed by atoms with E-state index in [2.05, 4.69) is 25.1 Å². The lowest BCUT2D eigenvalue weighted by Crippen LogP contribution is -2.32. The number of nitrogens with one attached hydrogen (secondary N) is 1. The van der Waals surface area contributed by atoms with Gasteiger partial charge in [0, 0.05) is 5.70 Å². The molecule has 1 fully saturated rings. The Kier molecular flexibility index (Phi) is 9.68. The maximum Gasteiger partial charge on any atom is 0.573 e. The van der Waals surface area contributed by atoms with Crippen molar-refractivity contribution in [3.05, 3.63) is 89.7 Å². The number of benzene rings is 2. The maximum atomic E-state index is 14.9. The quantitative estimate of drug-likeness (QED) is 0.287. The van der Waals surface area contributed by atoms with Crippen molar-refractivity contribution in [1.82, 2.24) is 20.1 Å². The number of hydrogen-bond acceptors (Lipinski definition) is 7. The van der Waals surface area contributed by atoms with Gasteiger partial charge in [-0.15, -0.1) is 18.3 Å². The molecule has 5 rings (SSSR count). The van der Waals surface area contributed by atoms with Gasteiger partial charge in [-0.2, -0.15) is 4.99 Å². The predicted molar refractivity (Wildman–Crippen MR) is 160 cm³/mol. The van der Waals surface area contributed by atoms with Crippen molar-refractivity contribution in [3.8, 4) is 11.4 Å². The number of urea groups is 1. The minimum atomic E-state index is -4.80. The Morgan fingerprint density at radius 3 is 2.69 bits per heavy atom. The van der Waals surface area contributed by atoms with Gasteiger partial charge < -0.3 is 14.8 Å². The molecular formula is C30H28F4N6O4S. The van der Waals surface area contributed by atoms with E-state index in [0.717, 1.165) is 47.9 Å². The first-order valence-electron chi connectivity index (χ1n) is 13.9. The molecule has 1 N–H and O–H groups in total. The van der Waals surface area contributed by atoms with Crippen LogP contribution in [-0.4, -0.2) is 56.3 Å². The number of aromatic nitrogens is 3. The van der Waals surface area contributed by atoms with Gasteiger partial charge in [0.15, 0.2) is 17.2 Å². The van der Waals surface area contributed by atoms with Crippen molar-refractivity contribution in [3.63, 3.8) is 0 Å². The molecule has 236 valence electrons. The average Bonchev–Trinajstić information content (AvgIpc) is 3.59. The Morgan fingerprint density at radius 2 is 1.98 bits per heavy atom. The second-order valence-electron chi connectivity index (χ2n) is 10.1. The van der Waals surface area contributed by atoms with Gasteiger partial charge in [-0.1, -0.05) is 43.3 Å². The molecule has 1 aliphatic heterocycles. The van der Waals surface area contributed by atoms with Gasteiger partial charge >= 0.3 is 12.4 Å². The van der Waals surface area contributed by atoms with Crippen molar-refractivity contribution < 1.29 is 36.6 Å². The number of alkyl halides is 4. The summed E-state index contributed by atoms with van der Waals surface area (Å²) in [4.78, 5) is 35.2. The van der Waals surface area contributed by atoms with Crippen LogP contribution in [0, 0.1) is 6.92 Å². The molecule has 1 saturated heterocycles. The van der Waals surface area contributed by atoms with E-state index in [0.29, 0.717) is 11.4 Å². The molecule has 1 aromatic heterocycles. The summed E-state index contributed by atoms with van der Waals surface area (Å²) in [6, 6.07) is 10.1. The topological polar surface area (TPSA) is 111 Å². The molecule has 0 bridgehead atoms. The van der Waals surface area contributed by atoms with Crippen LogP contribution in [0.15, 0.2) is 77.7 Å². The highest BCUT2D eigenvalue weighted by atomic mass is 32.2. The van der Waals surface area contributed by atoms with Crippen LogP contribution in [0.4, 0.5) is 28.0 Å². The van der Waals surface area contributed by atoms with Crippen molar-refractivity contribution in [1.29, 1.82) is 0 Å². The zero-order chi connectivity index (χ0) is 32.1. The van der Waals surface area contributed by atoms with Crippen LogP contribution in [-0.2, 0) is 22.6 Å². The maximum absolute atomic E-state index is 14.9. The van der Waals surface area contributed by atoms with Gasteiger partial charge in [0.2, 0.25) is 5.91 Å². The number of amidine groups is 1. The van der Waals surface area contributed by atoms with Gasteiger partial charge in [0.1, 0.15) is 24.8 Å². The molecule has 3 aromatic rings. The number of rotatable bonds is 9. The van der Waals surface area contributed by atoms with E-state index in [1.807, 2.05) is 32.0 Å². The SMILES string of the molecule is CCCc1ccc(C)cc1N1C(=O)CS/C1=N\C(=O)NC1=CC(F)C(OCc2ncn(-c3ccc(OC(F)(F)F)cc3)n2)C=C1. The lowest BCUT2D eigenvalue weighted by atomic mass is 10.0. The first-order chi connectivity index (χ1) is 21.5. The molecule has 2 aromatic carbocycles. The number of aliphatic imine (C=N–C) groups is 1. The predicted octanol–water partition coefficient (Wildman–Crippen LogP) is 5.95. The summed E-state index contributed by atoms with van der Waals surface area (Å²) in [5.74, 6) is -0.186. The third-order valence-electron chi connectivity index (χ3n) is 6.61. The fraction of sp³-hybridized carbons (Fsp3) is 0.300. The minimum absolute atomic E-state index is 0.149. The summed E-state index contributed by atoms with van der Waals surface area (Å²) in [7, 11) is 0. The number of halogens is 4. The van der Waals surface area contributed by atoms with Crippen LogP contribution in [0.2, 0.25) is 0 Å². The Hall–Kier alpha value is -4.50. The summed E-state index contributed by atoms with van der Waals surface area (Å²) in [6.45, 7) is 3.82. The first kappa shape index (κ1) is 31.9. The molecular weight excluding hydrogens is 616 g/mol. The monoisotopic (exact) mass is 644 g/mol. The van der Waals surface area contributed by atoms with Gasteiger partial charge in [-0.3, -0.25) is 9.69 Å². The van der Waals surface area contributed by atoms with E-state index >= 15 is 0 Å². The second-order valence-corrected chi connectivity index (χ2v) is 11.0. The first-order valence-corrected chi connectivity index (χ1v) is 14.8. The van der Waals surface area contributed by atoms with Gasteiger partial charge in [0.05, 0.1) is 17.1 Å². The van der Waals surface area contributed by atoms with E-state index < -0.39 is 24.7 Å². The van der Waals surface area contributed by atoms with Crippen LogP contribution in [0.5, 0.6) is 5.75 Å². The largest absolute Gasteiger partial charge is 0.573 e. The molecule has 0 saturated carbocycles. The van der Waals surface area contributed by atoms with Crippen LogP contribution >= 0.6 is 11.8 Å². The Bertz CT molecular complexity index is 1650. The number of carbonyl (C=O) groups excluding carboxylic acids is 2. The molecule has 1 aliphatic carbocycles. The number of amides is 3. The molecule has 15 heteroatoms. The van der Waals surface area contributed by atoms with E-state index in [-0.39, 0.29) is 40.7 Å². The van der Waals surface area contributed by atoms with Gasteiger partial charge in [0.25, 0.3) is 0 Å². The summed E-state index contributed by atoms with van der Waals surface area (Å²) in [5, 5.41) is 7.00. The number of aryl methyl sites for hydroxylation is 2. The van der Waals surface area contributed by atoms with Crippen LogP contribution in [0.1, 0.15) is 30.3 Å². The fourth-order valence-corrected chi connectivity index (χ4v) is 5.46. The van der Waals surface area contributed by atoms with Crippen molar-refractivity contribution >= 4 is 34.6 Å². The summed E-state index contributed by atoms with van der Waals surface area (Å²) < 4.78 is 62.8. The van der Waals surface area contributed by atoms with E-state index in [1.54, 1.807) is 0 Å². The van der Waals surface area contributed by atoms with Crippen LogP contribution in [0.25, 0.3) is 5.69 Å². The number of nitrogens with zero attached hydrogens (tertiary/aromatic N) is 5. The average molecular weight is 645 g/mol. The van der Waals surface area contributed by atoms with E-state index in [4.69, 9.17) is 4.74 Å². The normalized spacial score (nSPS) is 19.2. The van der Waals surface area contributed by atoms with Crippen LogP contribution in [0.3, 0.4) is 0 Å². The van der Waals surface area contributed by atoms with Gasteiger partial charge in [-0.25, -0.2) is 18.9 Å². The molecule has 0 radical (unpaired) electrons. The molecule has 0 spiro atoms. The fourth-order valence-electron chi connectivity index (χ4n) is 4.60. The third kappa shape index (κ3) is 8.16. The number of anilines is 1. The number of allylic oxidation sites excluding steroid dienone is 1. The Labute approximate surface area is 259 Å². The highest BCUT2D eigenvalue weighted by Crippen LogP contribution is 2.31. The smallest absolute Gasteiger partial charge is 0.406 e. The summed E-state index contributed by atoms with van der Waals surface area (Å²) in [5.41, 5.74) is 3.26. The number of hydrogen-bond donors (Lipinski definition) is 1. The number of thioether (sulfide) groups is 1. The van der Waals surface area contributed by atoms with E-state index in [1.165, 1.54) is 46.3 Å². The lowest BCUT2D eigenvalue weighted by Gasteiger charge is -2.21. The summed E-state index contributed by atoms with van der Waals surface area (Å²) >= 11 is 1.16. The zero-order valence-corrected chi connectivity index (χ0v) is 24.9. The Morgan fingerprint density at radius 1 is 1.20 bits per heavy atom. The van der Waals surface area contributed by atoms with E-state index in [9.17, 15) is 27.2 Å². The van der Waals surface area contributed by atoms with Crippen molar-refractivity contribution in [2.24, 2.45) is 4.99 Å². The molecule has 2 unspecified atom stereocenters. The number of carbonyl (C=O) groups is 2. The highest BCUT2D eigenvalue weighted by Gasteiger charge is 2.33. The molecule has 2 heterocycles. The lowest BCUT2D eigenvalue weighted by molar-refractivity contribution is -0.274. The molecule has 2 aliphatic rings. The second kappa shape index (κ2) is 13.6. The standard InChI is InChI=1S/C30H28F4N6O4S/c1-3-4-19-6-5-18(2)13-24(19)40-27(41)16-45-29(40)37-28(42)36-20-7-12-25(23(31)14-20)43-15-26-35-17-39(38-26)21-8-10-22(11-9-21)44-30(32,33)34/h5-14,17,23,25H,3-4,15-16H2,1-2H3,(H,36,42)/b37-29-. The zero-order valence-electron chi connectivity index (χ0n) is 24.1. The van der Waals surface area contributed by atoms with Gasteiger partial charge in [-0.05, 0) is 67.0 Å². The van der Waals surface area contributed by atoms with Crippen LogP contribution < -0.4 is 15.0 Å². The third-order valence-corrected chi connectivity index (χ3v) is 7.54. The molecule has 45 heavy (non-hydrogen) atoms. The van der Waals surface area contributed by atoms with Crippen molar-refractivity contribution in [2.75, 3.05) is 10.7 Å². The van der Waals surface area contributed by atoms with Crippen molar-refractivity contribution in [2.45, 2.75) is 51.9 Å². The highest BCUT2D eigenvalue weighted by molar-refractivity contribution is 8.15. The Balaban J connectivity index is 1.17. The summed E-state index contributed by atoms with van der Waals surface area (Å²) in [6.07, 6.45) is -0.290. The number of ether oxygens (including phenoxy) is 2. The minimum Gasteiger partial charge on any atom is -0.406 e. The molecule has 10 nitrogen and oxygen atoms in total. The molecule has 3 amide bonds.